The number of phenols is 1. The maximum atomic E-state index is 15.9. The van der Waals surface area contributed by atoms with Crippen LogP contribution in [0.25, 0.3) is 21.8 Å². The van der Waals surface area contributed by atoms with E-state index in [2.05, 4.69) is 73.1 Å². The highest BCUT2D eigenvalue weighted by molar-refractivity contribution is 8.00. The number of carbonyl (C=O) groups excluding carboxylic acids is 16. The van der Waals surface area contributed by atoms with E-state index in [1.807, 2.05) is 6.92 Å². The molecule has 10 rings (SSSR count). The fourth-order valence-electron chi connectivity index (χ4n) is 18.0. The van der Waals surface area contributed by atoms with E-state index in [1.54, 1.807) is 67.8 Å². The van der Waals surface area contributed by atoms with Crippen molar-refractivity contribution < 1.29 is 107 Å². The molecule has 6 aromatic rings. The minimum absolute atomic E-state index is 0.0324. The molecule has 4 saturated heterocycles. The van der Waals surface area contributed by atoms with Gasteiger partial charge >= 0.3 is 11.9 Å². The molecule has 0 unspecified atom stereocenters. The highest BCUT2D eigenvalue weighted by Gasteiger charge is 2.48. The molecular weight excluding hydrogens is 1820 g/mol. The Morgan fingerprint density at radius 2 is 0.971 bits per heavy atom. The number of hydrogen-bond donors (Lipinski definition) is 20. The molecule has 0 aliphatic carbocycles. The van der Waals surface area contributed by atoms with Gasteiger partial charge in [0.25, 0.3) is 0 Å². The van der Waals surface area contributed by atoms with Crippen molar-refractivity contribution in [2.75, 3.05) is 64.9 Å². The van der Waals surface area contributed by atoms with Crippen LogP contribution >= 0.6 is 11.8 Å². The van der Waals surface area contributed by atoms with E-state index < -0.39 is 235 Å². The number of carboxylic acid groups (broad SMARTS) is 2. The Morgan fingerprint density at radius 3 is 1.56 bits per heavy atom. The quantitative estimate of drug-likeness (QED) is 0.0241. The number of carbonyl (C=O) groups is 18. The van der Waals surface area contributed by atoms with Crippen molar-refractivity contribution in [1.82, 2.24) is 97.6 Å². The summed E-state index contributed by atoms with van der Waals surface area (Å²) in [6.45, 7) is 2.38. The number of thioether (sulfide) groups is 1. The van der Waals surface area contributed by atoms with E-state index in [0.29, 0.717) is 101 Å². The molecule has 0 bridgehead atoms. The van der Waals surface area contributed by atoms with Crippen LogP contribution in [0.1, 0.15) is 165 Å². The van der Waals surface area contributed by atoms with Crippen LogP contribution in [-0.4, -0.2) is 327 Å². The zero-order chi connectivity index (χ0) is 101. The maximum absolute atomic E-state index is 15.9. The van der Waals surface area contributed by atoms with Crippen molar-refractivity contribution in [2.24, 2.45) is 17.2 Å². The van der Waals surface area contributed by atoms with Crippen LogP contribution in [0.5, 0.6) is 5.75 Å². The number of piperidine rings is 1. The summed E-state index contributed by atoms with van der Waals surface area (Å²) in [5.41, 5.74) is 20.5. The molecule has 4 aliphatic rings. The number of nitrogens with one attached hydrogen (secondary N) is 13. The zero-order valence-corrected chi connectivity index (χ0v) is 79.3. The number of aromatic amines is 3. The van der Waals surface area contributed by atoms with Crippen LogP contribution in [0.15, 0.2) is 97.7 Å². The summed E-state index contributed by atoms with van der Waals surface area (Å²) in [4.78, 5) is 284. The Bertz CT molecular complexity index is 5330. The second-order valence-electron chi connectivity index (χ2n) is 35.7. The summed E-state index contributed by atoms with van der Waals surface area (Å²) in [7, 11) is 2.64. The number of unbranched alkanes of at least 4 members (excludes halogenated alkanes) is 4. The third kappa shape index (κ3) is 30.0. The van der Waals surface area contributed by atoms with Gasteiger partial charge in [0.15, 0.2) is 0 Å². The van der Waals surface area contributed by atoms with E-state index in [-0.39, 0.29) is 128 Å². The zero-order valence-electron chi connectivity index (χ0n) is 78.5. The summed E-state index contributed by atoms with van der Waals surface area (Å²) < 4.78 is 0. The number of nitrogens with two attached hydrogens (primary N) is 3. The number of benzene rings is 3. The van der Waals surface area contributed by atoms with E-state index in [9.17, 15) is 54.0 Å². The van der Waals surface area contributed by atoms with Crippen LogP contribution in [-0.2, 0) is 112 Å². The van der Waals surface area contributed by atoms with E-state index in [1.165, 1.54) is 50.9 Å². The molecule has 4 fully saturated rings. The van der Waals surface area contributed by atoms with Gasteiger partial charge in [-0.2, -0.15) is 0 Å². The van der Waals surface area contributed by atoms with Crippen molar-refractivity contribution in [2.45, 2.75) is 259 Å². The predicted molar refractivity (Wildman–Crippen MR) is 508 cm³/mol. The molecule has 16 amide bonds. The molecule has 754 valence electrons. The number of hydrogen-bond acceptors (Lipinski definition) is 24. The number of aliphatic carboxylic acids is 2. The van der Waals surface area contributed by atoms with Crippen LogP contribution in [0.2, 0.25) is 0 Å². The molecule has 0 saturated carbocycles. The number of aromatic hydroxyl groups is 1. The van der Waals surface area contributed by atoms with Gasteiger partial charge in [0.05, 0.1) is 37.6 Å². The van der Waals surface area contributed by atoms with Crippen LogP contribution in [0.3, 0.4) is 0 Å². The SMILES string of the molecule is CCCC[C@H]1C(=O)N(C)[C@@H](CCCC)C(=O)N[C@@H](CC(=O)O)C(=O)N[C@H](C(=O)NCC(N)=O)CSCC(=O)N[C@@H](Cc2ccc(O)cc2)C(=O)N2CCCC[C@H]2C(=O)N[C@@H](CC(=O)O)C(=O)N2CCC[C@H]2C(=O)N[C@@H](Cc2cnc[nH]2)C(=O)N[C@@H](CCCCN)C(=O)N2C[C@H](O)C[C@H]2C(=O)N[C@@H](Cc2c[nH]c3ccccc23)C(=O)N[C@@H](CCCCN)C(=O)N[C@@H](Cc2c[nH]c3ccccc23)C(=O)N1C. The Labute approximate surface area is 806 Å². The molecule has 4 aliphatic heterocycles. The molecule has 23 N–H and O–H groups in total. The van der Waals surface area contributed by atoms with Crippen LogP contribution in [0, 0.1) is 0 Å². The highest BCUT2D eigenvalue weighted by atomic mass is 32.2. The normalized spacial score (nSPS) is 24.9. The van der Waals surface area contributed by atoms with E-state index in [4.69, 9.17) is 17.2 Å². The van der Waals surface area contributed by atoms with Crippen molar-refractivity contribution in [1.29, 1.82) is 0 Å². The second-order valence-corrected chi connectivity index (χ2v) is 36.7. The number of fused-ring (bicyclic) bond motifs is 5. The fourth-order valence-corrected chi connectivity index (χ4v) is 18.9. The number of para-hydroxylation sites is 2. The number of likely N-dealkylation sites (N-methyl/N-ethyl adjacent to an activating group) is 2. The van der Waals surface area contributed by atoms with Crippen LogP contribution < -0.4 is 70.4 Å². The summed E-state index contributed by atoms with van der Waals surface area (Å²) in [6, 6.07) is -2.51. The number of imidazole rings is 1. The Balaban J connectivity index is 1.04. The van der Waals surface area contributed by atoms with Gasteiger partial charge in [0.2, 0.25) is 94.5 Å². The third-order valence-electron chi connectivity index (χ3n) is 25.5. The van der Waals surface area contributed by atoms with Gasteiger partial charge in [-0.05, 0) is 138 Å². The largest absolute Gasteiger partial charge is 0.508 e. The molecule has 0 radical (unpaired) electrons. The molecule has 0 spiro atoms. The molecular formula is C94H130N22O22S. The van der Waals surface area contributed by atoms with Gasteiger partial charge in [0, 0.05) is 118 Å². The molecule has 15 atom stereocenters. The first-order valence-electron chi connectivity index (χ1n) is 47.3. The minimum atomic E-state index is -2.02. The predicted octanol–water partition coefficient (Wildman–Crippen LogP) is -1.36. The number of aliphatic hydroxyl groups excluding tert-OH is 1. The lowest BCUT2D eigenvalue weighted by Gasteiger charge is -2.38. The molecule has 44 nitrogen and oxygen atoms in total. The molecule has 3 aromatic heterocycles. The van der Waals surface area contributed by atoms with Crippen molar-refractivity contribution in [3.8, 4) is 5.75 Å². The van der Waals surface area contributed by atoms with E-state index >= 15 is 52.7 Å². The maximum Gasteiger partial charge on any atom is 0.305 e. The molecule has 139 heavy (non-hydrogen) atoms. The fraction of sp³-hybridized carbons (Fsp3) is 0.543. The average Bonchev–Trinajstić information content (AvgIpc) is 1.78. The number of aliphatic hydroxyl groups is 1. The number of aromatic nitrogens is 4. The topological polar surface area (TPSA) is 663 Å². The molecule has 45 heteroatoms. The molecule has 7 heterocycles. The minimum Gasteiger partial charge on any atom is -0.508 e. The number of carboxylic acids is 2. The van der Waals surface area contributed by atoms with Crippen molar-refractivity contribution >= 4 is 140 Å². The number of H-pyrrole nitrogens is 3. The lowest BCUT2D eigenvalue weighted by molar-refractivity contribution is -0.149. The van der Waals surface area contributed by atoms with Crippen LogP contribution in [0.4, 0.5) is 0 Å². The number of nitrogens with zero attached hydrogens (tertiary/aromatic N) is 6. The lowest BCUT2D eigenvalue weighted by Crippen LogP contribution is -2.61. The Kier molecular flexibility index (Phi) is 40.4. The third-order valence-corrected chi connectivity index (χ3v) is 26.5. The lowest BCUT2D eigenvalue weighted by atomic mass is 9.97. The number of rotatable bonds is 29. The molecule has 3 aromatic carbocycles. The average molecular weight is 1950 g/mol. The van der Waals surface area contributed by atoms with Crippen molar-refractivity contribution in [3.05, 3.63) is 120 Å². The van der Waals surface area contributed by atoms with Gasteiger partial charge in [-0.25, -0.2) is 4.98 Å². The summed E-state index contributed by atoms with van der Waals surface area (Å²) in [6.07, 6.45) is 3.81. The second kappa shape index (κ2) is 52.3. The smallest absolute Gasteiger partial charge is 0.305 e. The monoisotopic (exact) mass is 1950 g/mol. The van der Waals surface area contributed by atoms with Gasteiger partial charge in [-0.15, -0.1) is 11.8 Å². The van der Waals surface area contributed by atoms with Gasteiger partial charge in [-0.1, -0.05) is 88.1 Å². The Morgan fingerprint density at radius 1 is 0.482 bits per heavy atom. The van der Waals surface area contributed by atoms with Crippen molar-refractivity contribution in [3.63, 3.8) is 0 Å². The van der Waals surface area contributed by atoms with E-state index in [0.717, 1.165) is 24.5 Å². The highest BCUT2D eigenvalue weighted by Crippen LogP contribution is 2.29. The van der Waals surface area contributed by atoms with Gasteiger partial charge < -0.3 is 130 Å². The summed E-state index contributed by atoms with van der Waals surface area (Å²) in [5, 5.41) is 70.4. The number of phenolic OH excluding ortho intramolecular Hbond substituents is 1. The first kappa shape index (κ1) is 107. The number of amides is 16. The number of primary amides is 1. The first-order chi connectivity index (χ1) is 66.6. The first-order valence-corrected chi connectivity index (χ1v) is 48.4. The van der Waals surface area contributed by atoms with Gasteiger partial charge in [-0.3, -0.25) is 86.3 Å². The Hall–Kier alpha value is -13.6. The summed E-state index contributed by atoms with van der Waals surface area (Å²) in [5.74, 6) is -19.8. The summed E-state index contributed by atoms with van der Waals surface area (Å²) >= 11 is 0.698. The van der Waals surface area contributed by atoms with Gasteiger partial charge in [0.1, 0.15) is 90.3 Å². The standard InChI is InChI=1S/C94H130N22O22S/c1-5-7-26-72-86(130)108-67(43-79(121)122)85(129)111-71(81(125)101-48-77(97)119)50-139-51-78(120)103-68(38-53-30-32-57(117)33-31-53)92(136)114-36-18-15-28-73(114)88(132)110-70(44-80(123)124)93(137)115-37-19-29-74(115)87(131)107-66(41-56-47-98-52-102-56)84(128)105-64(25-14-17-35-96)91(135)116-49-58(118)42-76(116)89(133)106-65(39-54-45-99-61-22-11-9-20-59(54)61)83(127)104-63(24-13-16-34-95)82(126)109-69(40-55-46-100-62-23-12-10-21-60(55)62)90(134)113(4)75(27-8-6-2)94(138)112(72)3/h9-12,20-23,30-33,45-47,52,58,63-76,99-100,117-118H,5-8,13-19,24-29,34-44,48-51,95-96H2,1-4H3,(H2,97,119)(H,98,102)(H,101,125)(H,103,120)(H,104,127)(H,105,128)(H,106,133)(H,107,131)(H,108,130)(H,109,126)(H,110,132)(H,111,129)(H,121,122)(H,123,124)/t58-,63+,64+,65+,66+,67+,68+,69+,70+,71+,72+,73+,74+,75+,76+/m1/s1.